The van der Waals surface area contributed by atoms with Gasteiger partial charge in [0, 0.05) is 24.3 Å². The van der Waals surface area contributed by atoms with Crippen molar-refractivity contribution in [3.05, 3.63) is 23.6 Å². The molecule has 0 aromatic carbocycles. The van der Waals surface area contributed by atoms with Crippen molar-refractivity contribution >= 4 is 5.82 Å². The van der Waals surface area contributed by atoms with E-state index in [4.69, 9.17) is 0 Å². The molecule has 3 nitrogen and oxygen atoms in total. The summed E-state index contributed by atoms with van der Waals surface area (Å²) in [5.74, 6) is 0.760. The highest BCUT2D eigenvalue weighted by atomic mass is 19.1. The van der Waals surface area contributed by atoms with Crippen molar-refractivity contribution in [1.29, 1.82) is 0 Å². The zero-order valence-corrected chi connectivity index (χ0v) is 10.5. The van der Waals surface area contributed by atoms with Gasteiger partial charge in [0.2, 0.25) is 0 Å². The molecule has 1 fully saturated rings. The Morgan fingerprint density at radius 2 is 2.24 bits per heavy atom. The Kier molecular flexibility index (Phi) is 3.94. The van der Waals surface area contributed by atoms with E-state index in [-0.39, 0.29) is 5.82 Å². The second-order valence-corrected chi connectivity index (χ2v) is 5.08. The lowest BCUT2D eigenvalue weighted by molar-refractivity contribution is 0.534. The smallest absolute Gasteiger partial charge is 0.169 e. The molecule has 1 aromatic heterocycles. The highest BCUT2D eigenvalue weighted by Gasteiger charge is 2.23. The van der Waals surface area contributed by atoms with Crippen LogP contribution in [-0.2, 0) is 6.54 Å². The molecule has 2 N–H and O–H groups in total. The molecule has 0 saturated heterocycles. The number of nitrogens with zero attached hydrogens (tertiary/aromatic N) is 1. The van der Waals surface area contributed by atoms with Gasteiger partial charge in [-0.3, -0.25) is 0 Å². The molecule has 0 atom stereocenters. The average molecular weight is 237 g/mol. The number of pyridine rings is 1. The Hall–Kier alpha value is -1.16. The van der Waals surface area contributed by atoms with Gasteiger partial charge in [-0.1, -0.05) is 13.8 Å². The highest BCUT2D eigenvalue weighted by molar-refractivity contribution is 5.41. The molecule has 1 aliphatic carbocycles. The Morgan fingerprint density at radius 3 is 2.88 bits per heavy atom. The summed E-state index contributed by atoms with van der Waals surface area (Å²) < 4.78 is 14.0. The second kappa shape index (κ2) is 5.45. The van der Waals surface area contributed by atoms with Gasteiger partial charge < -0.3 is 10.6 Å². The molecule has 94 valence electrons. The number of rotatable bonds is 6. The zero-order chi connectivity index (χ0) is 12.3. The van der Waals surface area contributed by atoms with Crippen LogP contribution in [-0.4, -0.2) is 17.6 Å². The van der Waals surface area contributed by atoms with Crippen molar-refractivity contribution in [2.45, 2.75) is 39.3 Å². The van der Waals surface area contributed by atoms with E-state index in [1.165, 1.54) is 0 Å². The summed E-state index contributed by atoms with van der Waals surface area (Å²) in [6, 6.07) is 2.16. The van der Waals surface area contributed by atoms with Crippen molar-refractivity contribution in [2.24, 2.45) is 5.92 Å². The minimum absolute atomic E-state index is 0.212. The van der Waals surface area contributed by atoms with Crippen LogP contribution in [0.4, 0.5) is 10.2 Å². The maximum Gasteiger partial charge on any atom is 0.169 e. The molecule has 17 heavy (non-hydrogen) atoms. The number of hydrogen-bond acceptors (Lipinski definition) is 3. The molecule has 1 aromatic rings. The van der Waals surface area contributed by atoms with Gasteiger partial charge in [0.1, 0.15) is 0 Å². The zero-order valence-electron chi connectivity index (χ0n) is 10.5. The molecule has 0 unspecified atom stereocenters. The van der Waals surface area contributed by atoms with Crippen molar-refractivity contribution in [3.8, 4) is 0 Å². The van der Waals surface area contributed by atoms with Crippen LogP contribution in [0.1, 0.15) is 32.3 Å². The minimum atomic E-state index is -0.212. The van der Waals surface area contributed by atoms with Crippen LogP contribution in [0.5, 0.6) is 0 Å². The van der Waals surface area contributed by atoms with Crippen LogP contribution in [0.15, 0.2) is 12.3 Å². The fourth-order valence-corrected chi connectivity index (χ4v) is 1.64. The predicted octanol–water partition coefficient (Wildman–Crippen LogP) is 2.54. The average Bonchev–Trinajstić information content (AvgIpc) is 3.07. The summed E-state index contributed by atoms with van der Waals surface area (Å²) in [6.45, 7) is 5.73. The summed E-state index contributed by atoms with van der Waals surface area (Å²) in [5, 5.41) is 6.35. The van der Waals surface area contributed by atoms with Crippen molar-refractivity contribution in [3.63, 3.8) is 0 Å². The summed E-state index contributed by atoms with van der Waals surface area (Å²) in [7, 11) is 0. The van der Waals surface area contributed by atoms with E-state index in [1.54, 1.807) is 12.3 Å². The van der Waals surface area contributed by atoms with Gasteiger partial charge >= 0.3 is 0 Å². The molecule has 0 amide bonds. The summed E-state index contributed by atoms with van der Waals surface area (Å²) in [6.07, 6.45) is 3.91. The van der Waals surface area contributed by atoms with Crippen LogP contribution in [0.2, 0.25) is 0 Å². The Bertz CT molecular complexity index is 375. The van der Waals surface area contributed by atoms with Gasteiger partial charge in [-0.2, -0.15) is 0 Å². The van der Waals surface area contributed by atoms with Gasteiger partial charge in [0.15, 0.2) is 11.6 Å². The molecule has 0 radical (unpaired) electrons. The molecule has 0 bridgehead atoms. The monoisotopic (exact) mass is 237 g/mol. The number of aromatic nitrogens is 1. The van der Waals surface area contributed by atoms with Gasteiger partial charge in [0.25, 0.3) is 0 Å². The van der Waals surface area contributed by atoms with E-state index >= 15 is 0 Å². The Balaban J connectivity index is 1.95. The van der Waals surface area contributed by atoms with Gasteiger partial charge in [-0.05, 0) is 31.4 Å². The van der Waals surface area contributed by atoms with Crippen LogP contribution in [0.25, 0.3) is 0 Å². The molecular weight excluding hydrogens is 217 g/mol. The maximum atomic E-state index is 14.0. The first-order chi connectivity index (χ1) is 8.16. The van der Waals surface area contributed by atoms with Crippen LogP contribution >= 0.6 is 0 Å². The van der Waals surface area contributed by atoms with E-state index in [9.17, 15) is 4.39 Å². The third-order valence-corrected chi connectivity index (χ3v) is 2.76. The molecule has 4 heteroatoms. The fourth-order valence-electron chi connectivity index (χ4n) is 1.64. The molecule has 1 saturated carbocycles. The van der Waals surface area contributed by atoms with E-state index in [0.29, 0.717) is 29.9 Å². The number of halogens is 1. The molecule has 1 heterocycles. The first kappa shape index (κ1) is 12.3. The number of hydrogen-bond donors (Lipinski definition) is 2. The highest BCUT2D eigenvalue weighted by Crippen LogP contribution is 2.25. The Labute approximate surface area is 102 Å². The molecule has 1 aliphatic rings. The van der Waals surface area contributed by atoms with Crippen LogP contribution in [0.3, 0.4) is 0 Å². The lowest BCUT2D eigenvalue weighted by atomic mass is 10.2. The molecule has 2 rings (SSSR count). The SMILES string of the molecule is CC(C)CNCc1ccnc(NC2CC2)c1F. The quantitative estimate of drug-likeness (QED) is 0.798. The van der Waals surface area contributed by atoms with Gasteiger partial charge in [-0.25, -0.2) is 9.37 Å². The maximum absolute atomic E-state index is 14.0. The first-order valence-electron chi connectivity index (χ1n) is 6.27. The molecule has 0 aliphatic heterocycles. The molecule has 0 spiro atoms. The van der Waals surface area contributed by atoms with Crippen molar-refractivity contribution < 1.29 is 4.39 Å². The molecular formula is C13H20FN3. The van der Waals surface area contributed by atoms with Crippen LogP contribution in [0, 0.1) is 11.7 Å². The van der Waals surface area contributed by atoms with Crippen LogP contribution < -0.4 is 10.6 Å². The predicted molar refractivity (Wildman–Crippen MR) is 67.4 cm³/mol. The number of anilines is 1. The minimum Gasteiger partial charge on any atom is -0.365 e. The van der Waals surface area contributed by atoms with Crippen molar-refractivity contribution in [1.82, 2.24) is 10.3 Å². The fraction of sp³-hybridized carbons (Fsp3) is 0.615. The first-order valence-corrected chi connectivity index (χ1v) is 6.27. The van der Waals surface area contributed by atoms with E-state index in [1.807, 2.05) is 0 Å². The standard InChI is InChI=1S/C13H20FN3/c1-9(2)7-15-8-10-5-6-16-13(12(10)14)17-11-3-4-11/h5-6,9,11,15H,3-4,7-8H2,1-2H3,(H,16,17). The lowest BCUT2D eigenvalue weighted by Gasteiger charge is -2.11. The van der Waals surface area contributed by atoms with E-state index < -0.39 is 0 Å². The van der Waals surface area contributed by atoms with Gasteiger partial charge in [-0.15, -0.1) is 0 Å². The second-order valence-electron chi connectivity index (χ2n) is 5.08. The van der Waals surface area contributed by atoms with E-state index in [2.05, 4.69) is 29.5 Å². The lowest BCUT2D eigenvalue weighted by Crippen LogP contribution is -2.20. The summed E-state index contributed by atoms with van der Waals surface area (Å²) >= 11 is 0. The number of nitrogens with one attached hydrogen (secondary N) is 2. The normalized spacial score (nSPS) is 15.3. The topological polar surface area (TPSA) is 37.0 Å². The third kappa shape index (κ3) is 3.66. The Morgan fingerprint density at radius 1 is 1.47 bits per heavy atom. The van der Waals surface area contributed by atoms with Gasteiger partial charge in [0.05, 0.1) is 0 Å². The largest absolute Gasteiger partial charge is 0.365 e. The summed E-state index contributed by atoms with van der Waals surface area (Å²) in [5.41, 5.74) is 0.684. The van der Waals surface area contributed by atoms with E-state index in [0.717, 1.165) is 19.4 Å². The third-order valence-electron chi connectivity index (χ3n) is 2.76. The van der Waals surface area contributed by atoms with Crippen molar-refractivity contribution in [2.75, 3.05) is 11.9 Å². The summed E-state index contributed by atoms with van der Waals surface area (Å²) in [4.78, 5) is 4.05.